The lowest BCUT2D eigenvalue weighted by Crippen LogP contribution is -2.32. The van der Waals surface area contributed by atoms with Gasteiger partial charge < -0.3 is 9.47 Å². The molecule has 0 atom stereocenters. The number of hydrogen-bond donors (Lipinski definition) is 0. The van der Waals surface area contributed by atoms with Gasteiger partial charge in [-0.2, -0.15) is 0 Å². The molecule has 0 unspecified atom stereocenters. The zero-order valence-corrected chi connectivity index (χ0v) is 22.0. The normalized spacial score (nSPS) is 13.3. The Balaban J connectivity index is 1.25. The Bertz CT molecular complexity index is 1480. The van der Waals surface area contributed by atoms with Crippen molar-refractivity contribution in [2.75, 3.05) is 27.3 Å². The molecule has 0 fully saturated rings. The number of nitro groups is 1. The summed E-state index contributed by atoms with van der Waals surface area (Å²) in [5.41, 5.74) is 6.65. The van der Waals surface area contributed by atoms with E-state index in [0.29, 0.717) is 5.56 Å². The molecule has 1 aliphatic rings. The average molecular weight is 515 g/mol. The third-order valence-electron chi connectivity index (χ3n) is 7.14. The second kappa shape index (κ2) is 10.6. The molecule has 0 radical (unpaired) electrons. The Morgan fingerprint density at radius 2 is 1.66 bits per heavy atom. The molecule has 0 bridgehead atoms. The number of tetrazole rings is 1. The topological polar surface area (TPSA) is 108 Å². The van der Waals surface area contributed by atoms with Crippen molar-refractivity contribution in [1.82, 2.24) is 25.1 Å². The first kappa shape index (κ1) is 25.3. The molecule has 0 aliphatic carbocycles. The molecule has 196 valence electrons. The van der Waals surface area contributed by atoms with Crippen LogP contribution in [0.5, 0.6) is 11.5 Å². The number of fused-ring (bicyclic) bond motifs is 1. The van der Waals surface area contributed by atoms with Gasteiger partial charge in [0.15, 0.2) is 11.5 Å². The zero-order valence-electron chi connectivity index (χ0n) is 22.0. The summed E-state index contributed by atoms with van der Waals surface area (Å²) in [5.74, 6) is 1.77. The molecule has 1 aliphatic heterocycles. The zero-order chi connectivity index (χ0) is 26.8. The molecule has 0 spiro atoms. The van der Waals surface area contributed by atoms with Gasteiger partial charge in [0.2, 0.25) is 5.82 Å². The van der Waals surface area contributed by atoms with Crippen molar-refractivity contribution in [1.29, 1.82) is 0 Å². The van der Waals surface area contributed by atoms with E-state index in [-0.39, 0.29) is 11.5 Å². The van der Waals surface area contributed by atoms with Gasteiger partial charge in [0, 0.05) is 25.7 Å². The van der Waals surface area contributed by atoms with E-state index in [1.165, 1.54) is 21.5 Å². The minimum Gasteiger partial charge on any atom is -0.493 e. The Morgan fingerprint density at radius 1 is 0.974 bits per heavy atom. The SMILES string of the molecule is COc1cc2c(cc1OC)CN(CCc1ccc(-n3nnc(-c4cc(C)c(C)cc4[N+](=O)[O-])n3)cc1)CC2. The van der Waals surface area contributed by atoms with Crippen LogP contribution >= 0.6 is 0 Å². The first-order chi connectivity index (χ1) is 18.4. The summed E-state index contributed by atoms with van der Waals surface area (Å²) in [6.45, 7) is 6.56. The van der Waals surface area contributed by atoms with Crippen LogP contribution in [-0.2, 0) is 19.4 Å². The number of ether oxygens (including phenoxy) is 2. The van der Waals surface area contributed by atoms with Gasteiger partial charge in [-0.25, -0.2) is 0 Å². The van der Waals surface area contributed by atoms with Crippen molar-refractivity contribution in [3.05, 3.63) is 86.5 Å². The molecular formula is C28H30N6O4. The quantitative estimate of drug-likeness (QED) is 0.250. The van der Waals surface area contributed by atoms with Gasteiger partial charge in [0.1, 0.15) is 5.56 Å². The molecule has 10 heteroatoms. The van der Waals surface area contributed by atoms with Crippen molar-refractivity contribution in [3.8, 4) is 28.6 Å². The van der Waals surface area contributed by atoms with Crippen LogP contribution in [-0.4, -0.2) is 57.3 Å². The number of benzene rings is 3. The molecular weight excluding hydrogens is 484 g/mol. The minimum absolute atomic E-state index is 0.0269. The molecule has 0 saturated carbocycles. The van der Waals surface area contributed by atoms with Crippen LogP contribution in [0.25, 0.3) is 17.1 Å². The predicted octanol–water partition coefficient (Wildman–Crippen LogP) is 4.47. The summed E-state index contributed by atoms with van der Waals surface area (Å²) < 4.78 is 10.9. The molecule has 1 aromatic heterocycles. The van der Waals surface area contributed by atoms with Crippen molar-refractivity contribution in [3.63, 3.8) is 0 Å². The van der Waals surface area contributed by atoms with Gasteiger partial charge in [-0.3, -0.25) is 15.0 Å². The van der Waals surface area contributed by atoms with Gasteiger partial charge in [-0.1, -0.05) is 12.1 Å². The summed E-state index contributed by atoms with van der Waals surface area (Å²) >= 11 is 0. The minimum atomic E-state index is -0.411. The van der Waals surface area contributed by atoms with E-state index < -0.39 is 4.92 Å². The third-order valence-corrected chi connectivity index (χ3v) is 7.14. The Hall–Kier alpha value is -4.31. The third kappa shape index (κ3) is 5.08. The Morgan fingerprint density at radius 3 is 2.34 bits per heavy atom. The second-order valence-electron chi connectivity index (χ2n) is 9.53. The van der Waals surface area contributed by atoms with Crippen LogP contribution in [0.15, 0.2) is 48.5 Å². The Kier molecular flexibility index (Phi) is 7.06. The van der Waals surface area contributed by atoms with E-state index in [1.807, 2.05) is 26.0 Å². The number of nitro benzene ring substituents is 1. The number of nitrogens with zero attached hydrogens (tertiary/aromatic N) is 6. The number of methoxy groups -OCH3 is 2. The van der Waals surface area contributed by atoms with Gasteiger partial charge in [0.05, 0.1) is 24.8 Å². The molecule has 10 nitrogen and oxygen atoms in total. The predicted molar refractivity (Wildman–Crippen MR) is 143 cm³/mol. The molecule has 0 amide bonds. The highest BCUT2D eigenvalue weighted by atomic mass is 16.6. The van der Waals surface area contributed by atoms with Crippen molar-refractivity contribution < 1.29 is 14.4 Å². The fourth-order valence-corrected chi connectivity index (χ4v) is 4.78. The highest BCUT2D eigenvalue weighted by molar-refractivity contribution is 5.69. The molecule has 5 rings (SSSR count). The van der Waals surface area contributed by atoms with Crippen molar-refractivity contribution in [2.24, 2.45) is 0 Å². The molecule has 2 heterocycles. The smallest absolute Gasteiger partial charge is 0.280 e. The van der Waals surface area contributed by atoms with E-state index >= 15 is 0 Å². The first-order valence-electron chi connectivity index (χ1n) is 12.5. The lowest BCUT2D eigenvalue weighted by atomic mass is 9.98. The number of rotatable bonds is 8. The maximum atomic E-state index is 11.6. The highest BCUT2D eigenvalue weighted by Crippen LogP contribution is 2.33. The van der Waals surface area contributed by atoms with Gasteiger partial charge in [0.25, 0.3) is 5.69 Å². The fourth-order valence-electron chi connectivity index (χ4n) is 4.78. The summed E-state index contributed by atoms with van der Waals surface area (Å²) in [6.07, 6.45) is 1.89. The van der Waals surface area contributed by atoms with E-state index in [1.54, 1.807) is 26.4 Å². The monoisotopic (exact) mass is 514 g/mol. The summed E-state index contributed by atoms with van der Waals surface area (Å²) in [6, 6.07) is 15.5. The van der Waals surface area contributed by atoms with Crippen LogP contribution < -0.4 is 9.47 Å². The number of hydrogen-bond acceptors (Lipinski definition) is 8. The Labute approximate surface area is 221 Å². The lowest BCUT2D eigenvalue weighted by molar-refractivity contribution is -0.384. The summed E-state index contributed by atoms with van der Waals surface area (Å²) in [4.78, 5) is 15.0. The standard InChI is InChI=1S/C28H30N6O4/c1-18-13-24(25(34(35)36)14-19(18)2)28-29-31-33(30-28)23-7-5-20(6-8-23)9-11-32-12-10-21-15-26(37-3)27(38-4)16-22(21)17-32/h5-8,13-16H,9-12,17H2,1-4H3. The maximum Gasteiger partial charge on any atom is 0.280 e. The van der Waals surface area contributed by atoms with E-state index in [4.69, 9.17) is 9.47 Å². The highest BCUT2D eigenvalue weighted by Gasteiger charge is 2.22. The average Bonchev–Trinajstić information content (AvgIpc) is 3.42. The van der Waals surface area contributed by atoms with E-state index in [2.05, 4.69) is 44.6 Å². The summed E-state index contributed by atoms with van der Waals surface area (Å²) in [7, 11) is 3.33. The maximum absolute atomic E-state index is 11.6. The molecule has 0 N–H and O–H groups in total. The first-order valence-corrected chi connectivity index (χ1v) is 12.5. The number of aromatic nitrogens is 4. The van der Waals surface area contributed by atoms with E-state index in [0.717, 1.165) is 60.8 Å². The van der Waals surface area contributed by atoms with Crippen LogP contribution in [0, 0.1) is 24.0 Å². The summed E-state index contributed by atoms with van der Waals surface area (Å²) in [5, 5.41) is 24.2. The molecule has 3 aromatic carbocycles. The molecule has 4 aromatic rings. The van der Waals surface area contributed by atoms with Crippen LogP contribution in [0.4, 0.5) is 5.69 Å². The lowest BCUT2D eigenvalue weighted by Gasteiger charge is -2.29. The van der Waals surface area contributed by atoms with Crippen molar-refractivity contribution in [2.45, 2.75) is 33.2 Å². The van der Waals surface area contributed by atoms with Gasteiger partial charge in [-0.05, 0) is 90.1 Å². The fraction of sp³-hybridized carbons (Fsp3) is 0.321. The van der Waals surface area contributed by atoms with Gasteiger partial charge >= 0.3 is 0 Å². The molecule has 0 saturated heterocycles. The van der Waals surface area contributed by atoms with E-state index in [9.17, 15) is 10.1 Å². The van der Waals surface area contributed by atoms with Crippen LogP contribution in [0.3, 0.4) is 0 Å². The largest absolute Gasteiger partial charge is 0.493 e. The van der Waals surface area contributed by atoms with Gasteiger partial charge in [-0.15, -0.1) is 15.0 Å². The second-order valence-corrected chi connectivity index (χ2v) is 9.53. The van der Waals surface area contributed by atoms with Crippen LogP contribution in [0.1, 0.15) is 27.8 Å². The van der Waals surface area contributed by atoms with Crippen LogP contribution in [0.2, 0.25) is 0 Å². The van der Waals surface area contributed by atoms with Crippen molar-refractivity contribution >= 4 is 5.69 Å². The molecule has 38 heavy (non-hydrogen) atoms. The number of aryl methyl sites for hydroxylation is 2.